The Balaban J connectivity index is 3.86. The van der Waals surface area contributed by atoms with Gasteiger partial charge < -0.3 is 14.6 Å². The fourth-order valence-electron chi connectivity index (χ4n) is 1.71. The van der Waals surface area contributed by atoms with E-state index in [-0.39, 0.29) is 6.61 Å². The highest BCUT2D eigenvalue weighted by molar-refractivity contribution is 6.12. The zero-order valence-corrected chi connectivity index (χ0v) is 11.8. The lowest BCUT2D eigenvalue weighted by Crippen LogP contribution is -2.26. The summed E-state index contributed by atoms with van der Waals surface area (Å²) in [5.41, 5.74) is -4.23. The fourth-order valence-corrected chi connectivity index (χ4v) is 1.71. The highest BCUT2D eigenvalue weighted by atomic mass is 19.4. The number of esters is 1. The Morgan fingerprint density at radius 3 is 2.35 bits per heavy atom. The van der Waals surface area contributed by atoms with E-state index in [4.69, 9.17) is 0 Å². The molecule has 0 fully saturated rings. The van der Waals surface area contributed by atoms with Crippen molar-refractivity contribution >= 4 is 17.4 Å². The minimum Gasteiger partial charge on any atom is -0.499 e. The normalized spacial score (nSPS) is 11.0. The summed E-state index contributed by atoms with van der Waals surface area (Å²) in [7, 11) is 0.957. The predicted molar refractivity (Wildman–Crippen MR) is 67.7 cm³/mol. The van der Waals surface area contributed by atoms with Gasteiger partial charge in [-0.1, -0.05) is 0 Å². The van der Waals surface area contributed by atoms with E-state index in [1.54, 1.807) is 0 Å². The summed E-state index contributed by atoms with van der Waals surface area (Å²) in [5, 5.41) is 20.6. The molecule has 0 spiro atoms. The van der Waals surface area contributed by atoms with Crippen LogP contribution in [0, 0.1) is 10.1 Å². The predicted octanol–water partition coefficient (Wildman–Crippen LogP) is 2.23. The first-order chi connectivity index (χ1) is 10.6. The van der Waals surface area contributed by atoms with Gasteiger partial charge in [0.25, 0.3) is 5.78 Å². The van der Waals surface area contributed by atoms with E-state index in [0.717, 1.165) is 7.11 Å². The lowest BCUT2D eigenvalue weighted by molar-refractivity contribution is -0.386. The number of rotatable bonds is 5. The molecule has 0 saturated heterocycles. The van der Waals surface area contributed by atoms with Crippen LogP contribution < -0.4 is 4.74 Å². The molecule has 23 heavy (non-hydrogen) atoms. The number of hydrogen-bond donors (Lipinski definition) is 1. The Hall–Kier alpha value is -2.85. The number of hydrogen-bond acceptors (Lipinski definition) is 7. The Morgan fingerprint density at radius 2 is 1.96 bits per heavy atom. The zero-order valence-electron chi connectivity index (χ0n) is 11.8. The van der Waals surface area contributed by atoms with Crippen LogP contribution in [0.2, 0.25) is 0 Å². The van der Waals surface area contributed by atoms with Crippen LogP contribution in [0.3, 0.4) is 0 Å². The van der Waals surface area contributed by atoms with Gasteiger partial charge in [0.15, 0.2) is 5.75 Å². The number of aromatic hydroxyl groups is 1. The summed E-state index contributed by atoms with van der Waals surface area (Å²) in [6.45, 7) is 1.09. The molecule has 1 aromatic carbocycles. The molecule has 0 aliphatic carbocycles. The van der Waals surface area contributed by atoms with E-state index in [1.165, 1.54) is 6.92 Å². The topological polar surface area (TPSA) is 116 Å². The van der Waals surface area contributed by atoms with Gasteiger partial charge in [0, 0.05) is 0 Å². The van der Waals surface area contributed by atoms with Crippen molar-refractivity contribution in [1.29, 1.82) is 0 Å². The van der Waals surface area contributed by atoms with Gasteiger partial charge in [0.05, 0.1) is 24.2 Å². The monoisotopic (exact) mass is 337 g/mol. The maximum Gasteiger partial charge on any atom is 0.455 e. The van der Waals surface area contributed by atoms with Crippen LogP contribution in [0.5, 0.6) is 11.5 Å². The summed E-state index contributed by atoms with van der Waals surface area (Å²) >= 11 is 0. The summed E-state index contributed by atoms with van der Waals surface area (Å²) in [5.74, 6) is -6.02. The van der Waals surface area contributed by atoms with Crippen molar-refractivity contribution in [1.82, 2.24) is 0 Å². The number of carbonyl (C=O) groups is 2. The molecule has 0 aliphatic rings. The summed E-state index contributed by atoms with van der Waals surface area (Å²) in [6, 6.07) is 0.569. The molecule has 1 N–H and O–H groups in total. The number of phenolic OH excluding ortho intramolecular Hbond substituents is 1. The van der Waals surface area contributed by atoms with Gasteiger partial charge in [-0.25, -0.2) is 4.79 Å². The number of methoxy groups -OCH3 is 1. The molecule has 0 heterocycles. The molecule has 8 nitrogen and oxygen atoms in total. The van der Waals surface area contributed by atoms with Crippen LogP contribution in [0.15, 0.2) is 6.07 Å². The van der Waals surface area contributed by atoms with E-state index in [2.05, 4.69) is 9.47 Å². The molecular formula is C12H10F3NO7. The number of benzene rings is 1. The largest absolute Gasteiger partial charge is 0.499 e. The van der Waals surface area contributed by atoms with E-state index in [9.17, 15) is 38.0 Å². The third-order valence-corrected chi connectivity index (χ3v) is 2.62. The molecule has 0 radical (unpaired) electrons. The minimum absolute atomic E-state index is 0.254. The minimum atomic E-state index is -5.51. The summed E-state index contributed by atoms with van der Waals surface area (Å²) in [4.78, 5) is 32.8. The molecule has 0 unspecified atom stereocenters. The fraction of sp³-hybridized carbons (Fsp3) is 0.333. The van der Waals surface area contributed by atoms with Gasteiger partial charge in [0.2, 0.25) is 5.75 Å². The summed E-state index contributed by atoms with van der Waals surface area (Å²) in [6.07, 6.45) is -5.51. The number of carbonyl (C=O) groups excluding carboxylic acids is 2. The molecule has 0 aliphatic heterocycles. The van der Waals surface area contributed by atoms with Gasteiger partial charge in [-0.3, -0.25) is 14.9 Å². The average Bonchev–Trinajstić information content (AvgIpc) is 2.44. The smallest absolute Gasteiger partial charge is 0.455 e. The second-order valence-electron chi connectivity index (χ2n) is 4.00. The number of nitrogens with zero attached hydrogens (tertiary/aromatic N) is 1. The number of halogens is 3. The molecular weight excluding hydrogens is 327 g/mol. The standard InChI is InChI=1S/C12H10F3NO7/c1-3-23-11(19)5-4-6(22-2)9(17)8(16(20)21)7(5)10(18)12(13,14)15/h4,17H,3H2,1-2H3. The van der Waals surface area contributed by atoms with Gasteiger partial charge in [-0.15, -0.1) is 0 Å². The van der Waals surface area contributed by atoms with Crippen molar-refractivity contribution in [3.8, 4) is 11.5 Å². The van der Waals surface area contributed by atoms with Gasteiger partial charge in [-0.05, 0) is 13.0 Å². The molecule has 11 heteroatoms. The third kappa shape index (κ3) is 3.49. The number of ketones is 1. The number of nitro groups is 1. The molecule has 0 amide bonds. The molecule has 1 aromatic rings. The number of ether oxygens (including phenoxy) is 2. The lowest BCUT2D eigenvalue weighted by atomic mass is 9.99. The molecule has 0 aromatic heterocycles. The van der Waals surface area contributed by atoms with Crippen LogP contribution >= 0.6 is 0 Å². The first-order valence-corrected chi connectivity index (χ1v) is 5.93. The number of alkyl halides is 3. The molecule has 0 saturated carbocycles. The number of nitro benzene ring substituents is 1. The van der Waals surface area contributed by atoms with Crippen molar-refractivity contribution in [3.63, 3.8) is 0 Å². The van der Waals surface area contributed by atoms with E-state index in [0.29, 0.717) is 6.07 Å². The van der Waals surface area contributed by atoms with Crippen molar-refractivity contribution < 1.29 is 42.3 Å². The Morgan fingerprint density at radius 1 is 1.39 bits per heavy atom. The second kappa shape index (κ2) is 6.50. The molecule has 0 bridgehead atoms. The van der Waals surface area contributed by atoms with Gasteiger partial charge in [0.1, 0.15) is 5.56 Å². The highest BCUT2D eigenvalue weighted by Crippen LogP contribution is 2.43. The maximum absolute atomic E-state index is 12.7. The first-order valence-electron chi connectivity index (χ1n) is 5.93. The van der Waals surface area contributed by atoms with Crippen molar-refractivity contribution in [2.45, 2.75) is 13.1 Å². The van der Waals surface area contributed by atoms with Crippen LogP contribution in [-0.2, 0) is 4.74 Å². The summed E-state index contributed by atoms with van der Waals surface area (Å²) < 4.78 is 47.1. The molecule has 0 atom stereocenters. The van der Waals surface area contributed by atoms with Crippen LogP contribution in [0.25, 0.3) is 0 Å². The number of Topliss-reactive ketones (excluding diaryl/α,β-unsaturated/α-hetero) is 1. The number of phenols is 1. The second-order valence-corrected chi connectivity index (χ2v) is 4.00. The Labute approximate surface area is 126 Å². The van der Waals surface area contributed by atoms with E-state index >= 15 is 0 Å². The first kappa shape index (κ1) is 18.2. The van der Waals surface area contributed by atoms with Crippen molar-refractivity contribution in [3.05, 3.63) is 27.3 Å². The van der Waals surface area contributed by atoms with Crippen molar-refractivity contribution in [2.24, 2.45) is 0 Å². The molecule has 126 valence electrons. The van der Waals surface area contributed by atoms with Crippen LogP contribution in [0.1, 0.15) is 27.6 Å². The average molecular weight is 337 g/mol. The Bertz CT molecular complexity index is 670. The zero-order chi connectivity index (χ0) is 17.9. The van der Waals surface area contributed by atoms with Crippen LogP contribution in [-0.4, -0.2) is 41.7 Å². The van der Waals surface area contributed by atoms with Crippen LogP contribution in [0.4, 0.5) is 18.9 Å². The Kier molecular flexibility index (Phi) is 5.14. The van der Waals surface area contributed by atoms with Crippen molar-refractivity contribution in [2.75, 3.05) is 13.7 Å². The van der Waals surface area contributed by atoms with E-state index in [1.807, 2.05) is 0 Å². The molecule has 1 rings (SSSR count). The van der Waals surface area contributed by atoms with Gasteiger partial charge in [-0.2, -0.15) is 13.2 Å². The quantitative estimate of drug-likeness (QED) is 0.379. The maximum atomic E-state index is 12.7. The van der Waals surface area contributed by atoms with E-state index < -0.39 is 51.2 Å². The third-order valence-electron chi connectivity index (χ3n) is 2.62. The lowest BCUT2D eigenvalue weighted by Gasteiger charge is -2.13. The SMILES string of the molecule is CCOC(=O)c1cc(OC)c(O)c([N+](=O)[O-])c1C(=O)C(F)(F)F. The highest BCUT2D eigenvalue weighted by Gasteiger charge is 2.47. The van der Waals surface area contributed by atoms with Gasteiger partial charge >= 0.3 is 17.8 Å².